The number of aromatic nitrogens is 3. The van der Waals surface area contributed by atoms with Crippen molar-refractivity contribution in [2.24, 2.45) is 11.7 Å². The smallest absolute Gasteiger partial charge is 0.156 e. The molecule has 1 unspecified atom stereocenters. The van der Waals surface area contributed by atoms with E-state index in [0.717, 1.165) is 15.9 Å². The summed E-state index contributed by atoms with van der Waals surface area (Å²) in [7, 11) is 0. The first-order valence-corrected chi connectivity index (χ1v) is 6.13. The fourth-order valence-corrected chi connectivity index (χ4v) is 2.03. The monoisotopic (exact) mass is 282 g/mol. The van der Waals surface area contributed by atoms with Gasteiger partial charge in [-0.3, -0.25) is 0 Å². The van der Waals surface area contributed by atoms with Crippen molar-refractivity contribution in [2.45, 2.75) is 19.8 Å². The fourth-order valence-electron chi connectivity index (χ4n) is 1.71. The molecule has 2 aromatic rings. The van der Waals surface area contributed by atoms with Gasteiger partial charge in [0, 0.05) is 23.1 Å². The maximum Gasteiger partial charge on any atom is 0.156 e. The molecule has 0 fully saturated rings. The van der Waals surface area contributed by atoms with Gasteiger partial charge >= 0.3 is 0 Å². The van der Waals surface area contributed by atoms with Gasteiger partial charge in [0.2, 0.25) is 0 Å². The molecule has 0 aliphatic carbocycles. The van der Waals surface area contributed by atoms with E-state index < -0.39 is 0 Å². The summed E-state index contributed by atoms with van der Waals surface area (Å²) in [6.07, 6.45) is 1.90. The summed E-state index contributed by atoms with van der Waals surface area (Å²) in [4.78, 5) is 4.50. The molecule has 0 spiro atoms. The molecule has 0 radical (unpaired) electrons. The van der Waals surface area contributed by atoms with Gasteiger partial charge in [0.05, 0.1) is 0 Å². The third-order valence-corrected chi connectivity index (χ3v) is 3.17. The first-order chi connectivity index (χ1) is 7.61. The van der Waals surface area contributed by atoms with E-state index in [2.05, 4.69) is 39.9 Å². The Labute approximate surface area is 103 Å². The highest BCUT2D eigenvalue weighted by Gasteiger charge is 2.18. The van der Waals surface area contributed by atoms with Crippen LogP contribution in [0.25, 0.3) is 5.65 Å². The normalized spacial score (nSPS) is 13.6. The van der Waals surface area contributed by atoms with E-state index in [1.165, 1.54) is 0 Å². The van der Waals surface area contributed by atoms with Crippen LogP contribution in [0.15, 0.2) is 22.8 Å². The predicted molar refractivity (Wildman–Crippen MR) is 67.3 cm³/mol. The molecule has 0 aliphatic rings. The number of hydrogen-bond donors (Lipinski definition) is 1. The molecule has 5 heteroatoms. The zero-order valence-corrected chi connectivity index (χ0v) is 11.0. The fraction of sp³-hybridized carbons (Fsp3) is 0.455. The van der Waals surface area contributed by atoms with Crippen LogP contribution in [-0.4, -0.2) is 21.1 Å². The molecule has 2 heterocycles. The van der Waals surface area contributed by atoms with Gasteiger partial charge in [-0.25, -0.2) is 9.50 Å². The van der Waals surface area contributed by atoms with Crippen molar-refractivity contribution in [3.8, 4) is 0 Å². The topological polar surface area (TPSA) is 56.2 Å². The van der Waals surface area contributed by atoms with Crippen LogP contribution in [0.5, 0.6) is 0 Å². The lowest BCUT2D eigenvalue weighted by atomic mass is 9.95. The molecule has 16 heavy (non-hydrogen) atoms. The minimum Gasteiger partial charge on any atom is -0.330 e. The first-order valence-electron chi connectivity index (χ1n) is 5.33. The van der Waals surface area contributed by atoms with Gasteiger partial charge < -0.3 is 5.73 Å². The van der Waals surface area contributed by atoms with Crippen molar-refractivity contribution in [1.82, 2.24) is 14.6 Å². The largest absolute Gasteiger partial charge is 0.330 e. The van der Waals surface area contributed by atoms with E-state index in [4.69, 9.17) is 5.73 Å². The molecule has 86 valence electrons. The molecule has 0 bridgehead atoms. The van der Waals surface area contributed by atoms with Gasteiger partial charge in [0.15, 0.2) is 11.5 Å². The van der Waals surface area contributed by atoms with Crippen molar-refractivity contribution >= 4 is 21.6 Å². The minimum absolute atomic E-state index is 0.221. The second-order valence-corrected chi connectivity index (χ2v) is 5.12. The third-order valence-electron chi connectivity index (χ3n) is 2.70. The molecule has 0 aromatic carbocycles. The first kappa shape index (κ1) is 11.5. The van der Waals surface area contributed by atoms with E-state index in [1.807, 2.05) is 18.3 Å². The lowest BCUT2D eigenvalue weighted by Gasteiger charge is -2.14. The van der Waals surface area contributed by atoms with E-state index in [1.54, 1.807) is 4.52 Å². The van der Waals surface area contributed by atoms with Crippen LogP contribution in [-0.2, 0) is 0 Å². The highest BCUT2D eigenvalue weighted by atomic mass is 79.9. The Morgan fingerprint density at radius 1 is 1.44 bits per heavy atom. The van der Waals surface area contributed by atoms with Crippen LogP contribution in [0, 0.1) is 5.92 Å². The lowest BCUT2D eigenvalue weighted by molar-refractivity contribution is 0.483. The quantitative estimate of drug-likeness (QED) is 0.939. The summed E-state index contributed by atoms with van der Waals surface area (Å²) < 4.78 is 2.77. The standard InChI is InChI=1S/C11H15BrN4/c1-7(2)9(5-13)11-14-10-4-3-8(12)6-16(10)15-11/h3-4,6-7,9H,5,13H2,1-2H3. The van der Waals surface area contributed by atoms with E-state index in [9.17, 15) is 0 Å². The lowest BCUT2D eigenvalue weighted by Crippen LogP contribution is -2.19. The van der Waals surface area contributed by atoms with Crippen LogP contribution in [0.3, 0.4) is 0 Å². The molecule has 4 nitrogen and oxygen atoms in total. The summed E-state index contributed by atoms with van der Waals surface area (Å²) >= 11 is 3.41. The Bertz CT molecular complexity index is 492. The maximum absolute atomic E-state index is 5.76. The summed E-state index contributed by atoms with van der Waals surface area (Å²) in [5, 5.41) is 4.46. The molecule has 0 saturated carbocycles. The van der Waals surface area contributed by atoms with Gasteiger partial charge in [-0.15, -0.1) is 0 Å². The molecular formula is C11H15BrN4. The van der Waals surface area contributed by atoms with Gasteiger partial charge in [-0.2, -0.15) is 5.10 Å². The van der Waals surface area contributed by atoms with Crippen molar-refractivity contribution in [3.63, 3.8) is 0 Å². The highest BCUT2D eigenvalue weighted by Crippen LogP contribution is 2.21. The minimum atomic E-state index is 0.221. The van der Waals surface area contributed by atoms with E-state index >= 15 is 0 Å². The molecule has 0 aliphatic heterocycles. The van der Waals surface area contributed by atoms with Crippen LogP contribution >= 0.6 is 15.9 Å². The van der Waals surface area contributed by atoms with Crippen LogP contribution in [0.2, 0.25) is 0 Å². The van der Waals surface area contributed by atoms with Crippen LogP contribution < -0.4 is 5.73 Å². The Kier molecular flexibility index (Phi) is 3.25. The van der Waals surface area contributed by atoms with Crippen LogP contribution in [0.1, 0.15) is 25.6 Å². The van der Waals surface area contributed by atoms with Crippen molar-refractivity contribution < 1.29 is 0 Å². The average Bonchev–Trinajstić information content (AvgIpc) is 2.60. The molecule has 2 aromatic heterocycles. The summed E-state index contributed by atoms with van der Waals surface area (Å²) in [6, 6.07) is 3.90. The summed E-state index contributed by atoms with van der Waals surface area (Å²) in [5.74, 6) is 1.50. The number of hydrogen-bond acceptors (Lipinski definition) is 3. The number of nitrogens with two attached hydrogens (primary N) is 1. The molecule has 2 rings (SSSR count). The number of rotatable bonds is 3. The van der Waals surface area contributed by atoms with Gasteiger partial charge in [-0.05, 0) is 34.0 Å². The van der Waals surface area contributed by atoms with E-state index in [-0.39, 0.29) is 5.92 Å². The maximum atomic E-state index is 5.76. The number of pyridine rings is 1. The molecule has 0 saturated heterocycles. The van der Waals surface area contributed by atoms with Crippen molar-refractivity contribution in [1.29, 1.82) is 0 Å². The second kappa shape index (κ2) is 4.51. The SMILES string of the molecule is CC(C)C(CN)c1nc2ccc(Br)cn2n1. The van der Waals surface area contributed by atoms with Gasteiger partial charge in [0.25, 0.3) is 0 Å². The van der Waals surface area contributed by atoms with Crippen LogP contribution in [0.4, 0.5) is 0 Å². The summed E-state index contributed by atoms with van der Waals surface area (Å²) in [5.41, 5.74) is 6.62. The van der Waals surface area contributed by atoms with E-state index in [0.29, 0.717) is 12.5 Å². The Hall–Kier alpha value is -0.940. The Morgan fingerprint density at radius 3 is 2.81 bits per heavy atom. The third kappa shape index (κ3) is 2.10. The molecule has 2 N–H and O–H groups in total. The molecule has 0 amide bonds. The summed E-state index contributed by atoms with van der Waals surface area (Å²) in [6.45, 7) is 4.86. The zero-order valence-electron chi connectivity index (χ0n) is 9.39. The zero-order chi connectivity index (χ0) is 11.7. The van der Waals surface area contributed by atoms with Gasteiger partial charge in [0.1, 0.15) is 0 Å². The highest BCUT2D eigenvalue weighted by molar-refractivity contribution is 9.10. The van der Waals surface area contributed by atoms with Crippen molar-refractivity contribution in [3.05, 3.63) is 28.6 Å². The predicted octanol–water partition coefficient (Wildman–Crippen LogP) is 2.19. The average molecular weight is 283 g/mol. The number of halogens is 1. The molecular weight excluding hydrogens is 268 g/mol. The Morgan fingerprint density at radius 2 is 2.19 bits per heavy atom. The molecule has 1 atom stereocenters. The second-order valence-electron chi connectivity index (χ2n) is 4.21. The van der Waals surface area contributed by atoms with Gasteiger partial charge in [-0.1, -0.05) is 13.8 Å². The Balaban J connectivity index is 2.45. The van der Waals surface area contributed by atoms with Crippen molar-refractivity contribution in [2.75, 3.05) is 6.54 Å². The number of nitrogens with zero attached hydrogens (tertiary/aromatic N) is 3. The number of fused-ring (bicyclic) bond motifs is 1.